The highest BCUT2D eigenvalue weighted by molar-refractivity contribution is 5.82. The molecule has 1 aliphatic rings. The monoisotopic (exact) mass is 292 g/mol. The largest absolute Gasteiger partial charge is 0.494 e. The average molecular weight is 292 g/mol. The summed E-state index contributed by atoms with van der Waals surface area (Å²) < 4.78 is 5.65. The second kappa shape index (κ2) is 8.00. The minimum atomic E-state index is -0.420. The molecule has 1 aliphatic heterocycles. The molecule has 0 bridgehead atoms. The van der Waals surface area contributed by atoms with Gasteiger partial charge in [-0.3, -0.25) is 4.79 Å². The van der Waals surface area contributed by atoms with Crippen LogP contribution in [0.2, 0.25) is 0 Å². The number of nitrogens with one attached hydrogen (secondary N) is 2. The fourth-order valence-corrected chi connectivity index (χ4v) is 2.31. The third-order valence-corrected chi connectivity index (χ3v) is 3.56. The maximum Gasteiger partial charge on any atom is 0.237 e. The van der Waals surface area contributed by atoms with Crippen molar-refractivity contribution in [2.75, 3.05) is 13.2 Å². The fraction of sp³-hybridized carbons (Fsp3) is 0.562. The Labute approximate surface area is 125 Å². The average Bonchev–Trinajstić information content (AvgIpc) is 2.92. The lowest BCUT2D eigenvalue weighted by molar-refractivity contribution is -0.123. The Morgan fingerprint density at radius 1 is 1.52 bits per heavy atom. The molecule has 1 saturated heterocycles. The first kappa shape index (κ1) is 15.8. The van der Waals surface area contributed by atoms with Crippen LogP contribution in [0, 0.1) is 0 Å². The summed E-state index contributed by atoms with van der Waals surface area (Å²) in [6, 6.07) is 7.48. The normalized spacial score (nSPS) is 21.2. The Kier molecular flexibility index (Phi) is 6.02. The Hall–Kier alpha value is -1.59. The number of rotatable bonds is 7. The van der Waals surface area contributed by atoms with Gasteiger partial charge in [0.1, 0.15) is 5.75 Å². The number of carbonyl (C=O) groups excluding carboxylic acids is 1. The van der Waals surface area contributed by atoms with Gasteiger partial charge in [-0.25, -0.2) is 0 Å². The van der Waals surface area contributed by atoms with E-state index in [0.29, 0.717) is 19.5 Å². The fourth-order valence-electron chi connectivity index (χ4n) is 2.31. The topological polar surface area (TPSA) is 70.6 Å². The molecule has 5 heteroatoms. The first-order chi connectivity index (χ1) is 10.2. The van der Waals surface area contributed by atoms with Gasteiger partial charge in [-0.15, -0.1) is 0 Å². The van der Waals surface area contributed by atoms with Crippen LogP contribution >= 0.6 is 0 Å². The Balaban J connectivity index is 1.79. The minimum Gasteiger partial charge on any atom is -0.494 e. The Morgan fingerprint density at radius 2 is 2.38 bits per heavy atom. The zero-order valence-electron chi connectivity index (χ0n) is 12.5. The molecular formula is C16H24N2O3. The molecule has 21 heavy (non-hydrogen) atoms. The number of aliphatic hydroxyl groups excluding tert-OH is 1. The van der Waals surface area contributed by atoms with Gasteiger partial charge in [0.2, 0.25) is 5.91 Å². The van der Waals surface area contributed by atoms with E-state index in [-0.39, 0.29) is 11.9 Å². The molecule has 1 amide bonds. The highest BCUT2D eigenvalue weighted by Crippen LogP contribution is 2.14. The molecule has 0 aromatic heterocycles. The highest BCUT2D eigenvalue weighted by atomic mass is 16.5. The summed E-state index contributed by atoms with van der Waals surface area (Å²) >= 11 is 0. The van der Waals surface area contributed by atoms with Gasteiger partial charge in [-0.2, -0.15) is 0 Å². The summed E-state index contributed by atoms with van der Waals surface area (Å²) in [5, 5.41) is 15.3. The van der Waals surface area contributed by atoms with Gasteiger partial charge in [-0.05, 0) is 30.5 Å². The van der Waals surface area contributed by atoms with E-state index < -0.39 is 6.10 Å². The number of unbranched alkanes of at least 4 members (excludes halogenated alkanes) is 1. The number of hydrogen-bond acceptors (Lipinski definition) is 4. The van der Waals surface area contributed by atoms with E-state index in [4.69, 9.17) is 4.74 Å². The summed E-state index contributed by atoms with van der Waals surface area (Å²) in [5.74, 6) is 0.772. The lowest BCUT2D eigenvalue weighted by atomic mass is 10.1. The number of benzene rings is 1. The van der Waals surface area contributed by atoms with E-state index in [1.54, 1.807) is 0 Å². The predicted molar refractivity (Wildman–Crippen MR) is 81.1 cm³/mol. The van der Waals surface area contributed by atoms with Crippen LogP contribution in [-0.4, -0.2) is 36.3 Å². The Morgan fingerprint density at radius 3 is 3.10 bits per heavy atom. The van der Waals surface area contributed by atoms with Crippen molar-refractivity contribution in [2.24, 2.45) is 0 Å². The van der Waals surface area contributed by atoms with E-state index >= 15 is 0 Å². The molecule has 1 aromatic rings. The smallest absolute Gasteiger partial charge is 0.237 e. The third-order valence-electron chi connectivity index (χ3n) is 3.56. The molecule has 2 rings (SSSR count). The van der Waals surface area contributed by atoms with E-state index in [9.17, 15) is 9.90 Å². The summed E-state index contributed by atoms with van der Waals surface area (Å²) in [4.78, 5) is 11.9. The van der Waals surface area contributed by atoms with Gasteiger partial charge in [0.15, 0.2) is 0 Å². The SMILES string of the molecule is CCCCOc1cccc(CNC(=O)C2CC(O)CN2)c1. The van der Waals surface area contributed by atoms with Crippen molar-refractivity contribution < 1.29 is 14.6 Å². The lowest BCUT2D eigenvalue weighted by Gasteiger charge is -2.12. The molecule has 1 aromatic carbocycles. The molecule has 3 N–H and O–H groups in total. The maximum atomic E-state index is 11.9. The second-order valence-electron chi connectivity index (χ2n) is 5.42. The number of amides is 1. The summed E-state index contributed by atoms with van der Waals surface area (Å²) in [6.45, 7) is 3.80. The number of β-amino-alcohol motifs (C(OH)–C–C–N with tert-alkyl or cyclic N) is 1. The molecule has 0 radical (unpaired) electrons. The van der Waals surface area contributed by atoms with Gasteiger partial charge in [0.25, 0.3) is 0 Å². The summed E-state index contributed by atoms with van der Waals surface area (Å²) in [5.41, 5.74) is 1.01. The molecule has 2 unspecified atom stereocenters. The third kappa shape index (κ3) is 5.02. The molecule has 1 fully saturated rings. The predicted octanol–water partition coefficient (Wildman–Crippen LogP) is 1.20. The number of carbonyl (C=O) groups is 1. The first-order valence-corrected chi connectivity index (χ1v) is 7.60. The van der Waals surface area contributed by atoms with E-state index in [0.717, 1.165) is 30.8 Å². The standard InChI is InChI=1S/C16H24N2O3/c1-2-3-7-21-14-6-4-5-12(8-14)10-18-16(20)15-9-13(19)11-17-15/h4-6,8,13,15,17,19H,2-3,7,9-11H2,1H3,(H,18,20). The van der Waals surface area contributed by atoms with Gasteiger partial charge < -0.3 is 20.5 Å². The lowest BCUT2D eigenvalue weighted by Crippen LogP contribution is -2.39. The highest BCUT2D eigenvalue weighted by Gasteiger charge is 2.27. The van der Waals surface area contributed by atoms with E-state index in [2.05, 4.69) is 17.6 Å². The van der Waals surface area contributed by atoms with Crippen molar-refractivity contribution in [3.63, 3.8) is 0 Å². The van der Waals surface area contributed by atoms with Crippen LogP contribution in [0.4, 0.5) is 0 Å². The first-order valence-electron chi connectivity index (χ1n) is 7.60. The quantitative estimate of drug-likeness (QED) is 0.661. The molecule has 1 heterocycles. The van der Waals surface area contributed by atoms with Crippen molar-refractivity contribution in [3.8, 4) is 5.75 Å². The summed E-state index contributed by atoms with van der Waals surface area (Å²) in [6.07, 6.45) is 2.20. The van der Waals surface area contributed by atoms with Crippen LogP contribution in [0.15, 0.2) is 24.3 Å². The zero-order chi connectivity index (χ0) is 15.1. The van der Waals surface area contributed by atoms with Crippen LogP contribution < -0.4 is 15.4 Å². The maximum absolute atomic E-state index is 11.9. The zero-order valence-corrected chi connectivity index (χ0v) is 12.5. The van der Waals surface area contributed by atoms with Crippen molar-refractivity contribution in [1.29, 1.82) is 0 Å². The van der Waals surface area contributed by atoms with Crippen LogP contribution in [0.5, 0.6) is 5.75 Å². The summed E-state index contributed by atoms with van der Waals surface area (Å²) in [7, 11) is 0. The molecule has 0 aliphatic carbocycles. The number of ether oxygens (including phenoxy) is 1. The van der Waals surface area contributed by atoms with Crippen LogP contribution in [-0.2, 0) is 11.3 Å². The van der Waals surface area contributed by atoms with Crippen LogP contribution in [0.3, 0.4) is 0 Å². The Bertz CT molecular complexity index is 465. The molecule has 116 valence electrons. The van der Waals surface area contributed by atoms with Gasteiger partial charge in [0, 0.05) is 13.1 Å². The van der Waals surface area contributed by atoms with E-state index in [1.165, 1.54) is 0 Å². The van der Waals surface area contributed by atoms with Crippen molar-refractivity contribution in [2.45, 2.75) is 44.9 Å². The van der Waals surface area contributed by atoms with Gasteiger partial charge in [0.05, 0.1) is 18.8 Å². The second-order valence-corrected chi connectivity index (χ2v) is 5.42. The minimum absolute atomic E-state index is 0.0659. The van der Waals surface area contributed by atoms with Gasteiger partial charge >= 0.3 is 0 Å². The number of aliphatic hydroxyl groups is 1. The van der Waals surface area contributed by atoms with Gasteiger partial charge in [-0.1, -0.05) is 25.5 Å². The van der Waals surface area contributed by atoms with Crippen molar-refractivity contribution in [1.82, 2.24) is 10.6 Å². The molecular weight excluding hydrogens is 268 g/mol. The number of hydrogen-bond donors (Lipinski definition) is 3. The molecule has 0 spiro atoms. The van der Waals surface area contributed by atoms with Crippen molar-refractivity contribution in [3.05, 3.63) is 29.8 Å². The van der Waals surface area contributed by atoms with E-state index in [1.807, 2.05) is 24.3 Å². The molecule has 0 saturated carbocycles. The molecule has 2 atom stereocenters. The van der Waals surface area contributed by atoms with Crippen LogP contribution in [0.25, 0.3) is 0 Å². The van der Waals surface area contributed by atoms with Crippen LogP contribution in [0.1, 0.15) is 31.7 Å². The van der Waals surface area contributed by atoms with Crippen molar-refractivity contribution >= 4 is 5.91 Å². The molecule has 5 nitrogen and oxygen atoms in total.